The van der Waals surface area contributed by atoms with E-state index in [1.54, 1.807) is 0 Å². The SMILES string of the molecule is CSCCC(C)n1c(SCC(=O)O)nnc1C1CC1. The minimum Gasteiger partial charge on any atom is -0.481 e. The third kappa shape index (κ3) is 3.89. The molecule has 1 aliphatic carbocycles. The fourth-order valence-electron chi connectivity index (χ4n) is 1.96. The van der Waals surface area contributed by atoms with Crippen molar-refractivity contribution in [2.75, 3.05) is 17.8 Å². The highest BCUT2D eigenvalue weighted by atomic mass is 32.2. The van der Waals surface area contributed by atoms with Gasteiger partial charge in [0.15, 0.2) is 5.16 Å². The summed E-state index contributed by atoms with van der Waals surface area (Å²) in [6.45, 7) is 2.16. The topological polar surface area (TPSA) is 68.0 Å². The number of thioether (sulfide) groups is 2. The Morgan fingerprint density at radius 3 is 2.84 bits per heavy atom. The third-order valence-corrected chi connectivity index (χ3v) is 4.71. The Balaban J connectivity index is 2.14. The first-order chi connectivity index (χ1) is 9.13. The van der Waals surface area contributed by atoms with Gasteiger partial charge in [0.1, 0.15) is 5.82 Å². The molecule has 1 heterocycles. The van der Waals surface area contributed by atoms with Crippen LogP contribution in [0.1, 0.15) is 44.0 Å². The number of nitrogens with zero attached hydrogens (tertiary/aromatic N) is 3. The van der Waals surface area contributed by atoms with Crippen LogP contribution in [0.3, 0.4) is 0 Å². The summed E-state index contributed by atoms with van der Waals surface area (Å²) >= 11 is 3.09. The Morgan fingerprint density at radius 1 is 1.53 bits per heavy atom. The molecule has 1 aliphatic rings. The molecule has 0 aromatic carbocycles. The highest BCUT2D eigenvalue weighted by Crippen LogP contribution is 2.41. The van der Waals surface area contributed by atoms with E-state index < -0.39 is 5.97 Å². The molecule has 1 N–H and O–H groups in total. The smallest absolute Gasteiger partial charge is 0.313 e. The summed E-state index contributed by atoms with van der Waals surface area (Å²) in [5.74, 6) is 1.89. The largest absolute Gasteiger partial charge is 0.481 e. The van der Waals surface area contributed by atoms with Gasteiger partial charge in [0.2, 0.25) is 0 Å². The molecule has 106 valence electrons. The zero-order valence-electron chi connectivity index (χ0n) is 11.2. The van der Waals surface area contributed by atoms with Gasteiger partial charge in [0.05, 0.1) is 5.75 Å². The number of carboxylic acids is 1. The van der Waals surface area contributed by atoms with Gasteiger partial charge in [-0.3, -0.25) is 4.79 Å². The summed E-state index contributed by atoms with van der Waals surface area (Å²) in [4.78, 5) is 10.7. The Morgan fingerprint density at radius 2 is 2.26 bits per heavy atom. The summed E-state index contributed by atoms with van der Waals surface area (Å²) in [7, 11) is 0. The van der Waals surface area contributed by atoms with Crippen molar-refractivity contribution in [2.24, 2.45) is 0 Å². The van der Waals surface area contributed by atoms with Gasteiger partial charge in [-0.15, -0.1) is 10.2 Å². The maximum absolute atomic E-state index is 10.7. The second-order valence-electron chi connectivity index (χ2n) is 4.80. The van der Waals surface area contributed by atoms with Crippen molar-refractivity contribution in [3.05, 3.63) is 5.82 Å². The van der Waals surface area contributed by atoms with E-state index >= 15 is 0 Å². The molecule has 1 aromatic rings. The van der Waals surface area contributed by atoms with Gasteiger partial charge in [0.25, 0.3) is 0 Å². The molecule has 0 aliphatic heterocycles. The third-order valence-electron chi connectivity index (χ3n) is 3.14. The second kappa shape index (κ2) is 6.65. The minimum atomic E-state index is -0.815. The predicted octanol–water partition coefficient (Wildman–Crippen LogP) is 2.65. The molecule has 0 bridgehead atoms. The molecule has 0 radical (unpaired) electrons. The number of hydrogen-bond donors (Lipinski definition) is 1. The minimum absolute atomic E-state index is 0.0397. The van der Waals surface area contributed by atoms with Gasteiger partial charge >= 0.3 is 5.97 Å². The van der Waals surface area contributed by atoms with Gasteiger partial charge in [-0.25, -0.2) is 0 Å². The highest BCUT2D eigenvalue weighted by molar-refractivity contribution is 7.99. The molecule has 2 rings (SSSR count). The van der Waals surface area contributed by atoms with Crippen LogP contribution in [-0.4, -0.2) is 43.6 Å². The first-order valence-corrected chi connectivity index (χ1v) is 8.79. The molecule has 1 unspecified atom stereocenters. The zero-order chi connectivity index (χ0) is 13.8. The number of aliphatic carboxylic acids is 1. The fraction of sp³-hybridized carbons (Fsp3) is 0.750. The molecule has 0 spiro atoms. The van der Waals surface area contributed by atoms with Crippen molar-refractivity contribution >= 4 is 29.5 Å². The van der Waals surface area contributed by atoms with Crippen LogP contribution < -0.4 is 0 Å². The average Bonchev–Trinajstić information content (AvgIpc) is 3.13. The van der Waals surface area contributed by atoms with Crippen molar-refractivity contribution in [1.82, 2.24) is 14.8 Å². The molecular formula is C12H19N3O2S2. The van der Waals surface area contributed by atoms with E-state index in [0.29, 0.717) is 12.0 Å². The highest BCUT2D eigenvalue weighted by Gasteiger charge is 2.31. The maximum atomic E-state index is 10.7. The number of aromatic nitrogens is 3. The summed E-state index contributed by atoms with van der Waals surface area (Å²) < 4.78 is 2.15. The van der Waals surface area contributed by atoms with E-state index in [1.807, 2.05) is 11.8 Å². The summed E-state index contributed by atoms with van der Waals surface area (Å²) in [6, 6.07) is 0.328. The van der Waals surface area contributed by atoms with Gasteiger partial charge in [-0.2, -0.15) is 11.8 Å². The van der Waals surface area contributed by atoms with E-state index in [2.05, 4.69) is 27.9 Å². The van der Waals surface area contributed by atoms with Crippen LogP contribution in [0.5, 0.6) is 0 Å². The van der Waals surface area contributed by atoms with Crippen molar-refractivity contribution in [3.63, 3.8) is 0 Å². The van der Waals surface area contributed by atoms with Crippen LogP contribution in [0.4, 0.5) is 0 Å². The van der Waals surface area contributed by atoms with Crippen LogP contribution in [-0.2, 0) is 4.79 Å². The van der Waals surface area contributed by atoms with Gasteiger partial charge in [0, 0.05) is 12.0 Å². The first kappa shape index (κ1) is 14.7. The first-order valence-electron chi connectivity index (χ1n) is 6.41. The molecule has 7 heteroatoms. The number of rotatable bonds is 8. The van der Waals surface area contributed by atoms with E-state index in [0.717, 1.165) is 23.2 Å². The second-order valence-corrected chi connectivity index (χ2v) is 6.73. The zero-order valence-corrected chi connectivity index (χ0v) is 12.8. The lowest BCUT2D eigenvalue weighted by molar-refractivity contribution is -0.133. The van der Waals surface area contributed by atoms with E-state index in [1.165, 1.54) is 24.6 Å². The molecule has 5 nitrogen and oxygen atoms in total. The van der Waals surface area contributed by atoms with Gasteiger partial charge in [-0.1, -0.05) is 11.8 Å². The van der Waals surface area contributed by atoms with Crippen molar-refractivity contribution in [2.45, 2.75) is 43.3 Å². The van der Waals surface area contributed by atoms with E-state index in [4.69, 9.17) is 5.11 Å². The quantitative estimate of drug-likeness (QED) is 0.745. The average molecular weight is 301 g/mol. The van der Waals surface area contributed by atoms with Crippen LogP contribution >= 0.6 is 23.5 Å². The monoisotopic (exact) mass is 301 g/mol. The maximum Gasteiger partial charge on any atom is 0.313 e. The summed E-state index contributed by atoms with van der Waals surface area (Å²) in [6.07, 6.45) is 5.51. The van der Waals surface area contributed by atoms with Crippen LogP contribution in [0.15, 0.2) is 5.16 Å². The Labute approximate surface area is 121 Å². The Kier molecular flexibility index (Phi) is 5.15. The van der Waals surface area contributed by atoms with Crippen LogP contribution in [0, 0.1) is 0 Å². The van der Waals surface area contributed by atoms with Gasteiger partial charge < -0.3 is 9.67 Å². The normalized spacial score (nSPS) is 16.5. The predicted molar refractivity (Wildman–Crippen MR) is 78.1 cm³/mol. The van der Waals surface area contributed by atoms with Crippen molar-refractivity contribution in [1.29, 1.82) is 0 Å². The van der Waals surface area contributed by atoms with Crippen LogP contribution in [0.2, 0.25) is 0 Å². The number of carboxylic acid groups (broad SMARTS) is 1. The lowest BCUT2D eigenvalue weighted by Crippen LogP contribution is -2.12. The van der Waals surface area contributed by atoms with Crippen LogP contribution in [0.25, 0.3) is 0 Å². The van der Waals surface area contributed by atoms with E-state index in [-0.39, 0.29) is 5.75 Å². The lowest BCUT2D eigenvalue weighted by Gasteiger charge is -2.17. The number of carbonyl (C=O) groups is 1. The van der Waals surface area contributed by atoms with Gasteiger partial charge in [-0.05, 0) is 38.2 Å². The molecular weight excluding hydrogens is 282 g/mol. The van der Waals surface area contributed by atoms with E-state index in [9.17, 15) is 4.79 Å². The molecule has 1 atom stereocenters. The van der Waals surface area contributed by atoms with Crippen molar-refractivity contribution in [3.8, 4) is 0 Å². The van der Waals surface area contributed by atoms with Crippen molar-refractivity contribution < 1.29 is 9.90 Å². The molecule has 1 fully saturated rings. The lowest BCUT2D eigenvalue weighted by atomic mass is 10.2. The molecule has 0 saturated heterocycles. The summed E-state index contributed by atoms with van der Waals surface area (Å²) in [5.41, 5.74) is 0. The molecule has 1 saturated carbocycles. The Bertz CT molecular complexity index is 446. The Hall–Kier alpha value is -0.690. The summed E-state index contributed by atoms with van der Waals surface area (Å²) in [5, 5.41) is 18.0. The molecule has 19 heavy (non-hydrogen) atoms. The fourth-order valence-corrected chi connectivity index (χ4v) is 3.31. The standard InChI is InChI=1S/C12H19N3O2S2/c1-8(5-6-18-2)15-11(9-3-4-9)13-14-12(15)19-7-10(16)17/h8-9H,3-7H2,1-2H3,(H,16,17). The number of hydrogen-bond acceptors (Lipinski definition) is 5. The molecule has 1 aromatic heterocycles. The molecule has 0 amide bonds.